The fourth-order valence-corrected chi connectivity index (χ4v) is 6.56. The summed E-state index contributed by atoms with van der Waals surface area (Å²) in [7, 11) is 1.72. The van der Waals surface area contributed by atoms with Gasteiger partial charge in [0.1, 0.15) is 5.75 Å². The molecule has 174 valence electrons. The van der Waals surface area contributed by atoms with Crippen LogP contribution < -0.4 is 15.4 Å². The van der Waals surface area contributed by atoms with E-state index in [1.54, 1.807) is 19.5 Å². The number of anilines is 1. The monoisotopic (exact) mass is 450 g/mol. The Morgan fingerprint density at radius 3 is 2.67 bits per heavy atom. The van der Waals surface area contributed by atoms with Gasteiger partial charge >= 0.3 is 0 Å². The number of aromatic nitrogens is 2. The number of primary amides is 1. The molecule has 2 unspecified atom stereocenters. The summed E-state index contributed by atoms with van der Waals surface area (Å²) in [5, 5.41) is 0. The summed E-state index contributed by atoms with van der Waals surface area (Å²) >= 11 is 0. The van der Waals surface area contributed by atoms with Gasteiger partial charge in [0.15, 0.2) is 5.75 Å². The van der Waals surface area contributed by atoms with E-state index in [0.717, 1.165) is 62.0 Å². The number of ether oxygens (including phenoxy) is 3. The molecule has 2 N–H and O–H groups in total. The molecule has 1 spiro atoms. The maximum atomic E-state index is 12.1. The lowest BCUT2D eigenvalue weighted by Crippen LogP contribution is -2.78. The largest absolute Gasteiger partial charge is 0.454 e. The van der Waals surface area contributed by atoms with E-state index in [-0.39, 0.29) is 22.8 Å². The number of amides is 1. The summed E-state index contributed by atoms with van der Waals surface area (Å²) in [5.74, 6) is 1.86. The van der Waals surface area contributed by atoms with Crippen LogP contribution in [0.15, 0.2) is 30.6 Å². The van der Waals surface area contributed by atoms with E-state index in [4.69, 9.17) is 19.9 Å². The molecule has 8 heteroatoms. The van der Waals surface area contributed by atoms with E-state index in [2.05, 4.69) is 20.9 Å². The number of nitrogens with two attached hydrogens (primary N) is 1. The van der Waals surface area contributed by atoms with Crippen molar-refractivity contribution in [2.24, 2.45) is 16.6 Å². The maximum absolute atomic E-state index is 12.1. The highest BCUT2D eigenvalue weighted by Gasteiger charge is 2.79. The highest BCUT2D eigenvalue weighted by molar-refractivity contribution is 5.87. The van der Waals surface area contributed by atoms with Gasteiger partial charge in [0.05, 0.1) is 30.0 Å². The minimum Gasteiger partial charge on any atom is -0.454 e. The number of methoxy groups -OCH3 is 1. The van der Waals surface area contributed by atoms with Gasteiger partial charge in [-0.1, -0.05) is 12.1 Å². The molecule has 1 aromatic heterocycles. The topological polar surface area (TPSA) is 99.8 Å². The van der Waals surface area contributed by atoms with Gasteiger partial charge in [0.25, 0.3) is 0 Å². The molecular formula is C25H30N4O4. The van der Waals surface area contributed by atoms with Gasteiger partial charge in [-0.05, 0) is 49.8 Å². The molecule has 3 heterocycles. The van der Waals surface area contributed by atoms with Crippen molar-refractivity contribution in [1.82, 2.24) is 9.97 Å². The normalized spacial score (nSPS) is 34.2. The Morgan fingerprint density at radius 1 is 1.24 bits per heavy atom. The molecule has 2 bridgehead atoms. The molecule has 2 aliphatic heterocycles. The molecule has 33 heavy (non-hydrogen) atoms. The quantitative estimate of drug-likeness (QED) is 0.722. The fraction of sp³-hybridized carbons (Fsp3) is 0.560. The number of hydrogen-bond donors (Lipinski definition) is 1. The number of benzene rings is 1. The second-order valence-corrected chi connectivity index (χ2v) is 10.4. The first-order chi connectivity index (χ1) is 15.9. The smallest absolute Gasteiger partial charge is 0.225 e. The molecule has 7 rings (SSSR count). The first kappa shape index (κ1) is 20.9. The van der Waals surface area contributed by atoms with Crippen molar-refractivity contribution in [3.05, 3.63) is 41.7 Å². The van der Waals surface area contributed by atoms with Crippen molar-refractivity contribution in [3.63, 3.8) is 0 Å². The fourth-order valence-electron chi connectivity index (χ4n) is 6.56. The lowest BCUT2D eigenvalue weighted by molar-refractivity contribution is -0.283. The van der Waals surface area contributed by atoms with E-state index < -0.39 is 5.41 Å². The van der Waals surface area contributed by atoms with Crippen LogP contribution in [0.3, 0.4) is 0 Å². The van der Waals surface area contributed by atoms with Crippen LogP contribution in [-0.2, 0) is 14.3 Å². The number of rotatable bonds is 6. The van der Waals surface area contributed by atoms with Crippen molar-refractivity contribution in [1.29, 1.82) is 0 Å². The van der Waals surface area contributed by atoms with Gasteiger partial charge < -0.3 is 24.8 Å². The van der Waals surface area contributed by atoms with Gasteiger partial charge in [-0.2, -0.15) is 0 Å². The summed E-state index contributed by atoms with van der Waals surface area (Å²) in [4.78, 5) is 23.4. The predicted molar refractivity (Wildman–Crippen MR) is 121 cm³/mol. The summed E-state index contributed by atoms with van der Waals surface area (Å²) in [6, 6.07) is 6.03. The van der Waals surface area contributed by atoms with Gasteiger partial charge in [0, 0.05) is 38.1 Å². The molecule has 2 aromatic rings. The van der Waals surface area contributed by atoms with Crippen LogP contribution in [0.5, 0.6) is 11.5 Å². The predicted octanol–water partition coefficient (Wildman–Crippen LogP) is 2.94. The van der Waals surface area contributed by atoms with E-state index in [9.17, 15) is 4.79 Å². The van der Waals surface area contributed by atoms with Gasteiger partial charge in [-0.3, -0.25) is 4.79 Å². The SMILES string of the molecule is COC12CC(C(N)=O)(C1)C2c1ccc(Oc2cnc(N3CCC4(CCOC4)C3)nc2)c(C)c1. The lowest BCUT2D eigenvalue weighted by Gasteiger charge is -2.73. The van der Waals surface area contributed by atoms with Crippen LogP contribution in [-0.4, -0.2) is 54.9 Å². The van der Waals surface area contributed by atoms with Crippen LogP contribution in [0.4, 0.5) is 5.95 Å². The molecule has 3 aliphatic carbocycles. The first-order valence-electron chi connectivity index (χ1n) is 11.7. The van der Waals surface area contributed by atoms with Crippen molar-refractivity contribution < 1.29 is 19.0 Å². The number of carbonyl (C=O) groups is 1. The summed E-state index contributed by atoms with van der Waals surface area (Å²) < 4.78 is 17.5. The standard InChI is InChI=1S/C25H30N4O4/c1-16-9-17(20-24(21(26)30)12-25(20,13-24)31-2)3-4-19(16)33-18-10-27-22(28-11-18)29-7-5-23(14-29)6-8-32-15-23/h3-4,9-11,20H,5-8,12-15H2,1-2H3,(H2,26,30). The Morgan fingerprint density at radius 2 is 2.03 bits per heavy atom. The van der Waals surface area contributed by atoms with Crippen LogP contribution in [0, 0.1) is 17.8 Å². The van der Waals surface area contributed by atoms with E-state index in [1.165, 1.54) is 0 Å². The summed E-state index contributed by atoms with van der Waals surface area (Å²) in [6.07, 6.45) is 7.13. The molecule has 2 atom stereocenters. The van der Waals surface area contributed by atoms with E-state index in [1.807, 2.05) is 19.1 Å². The zero-order chi connectivity index (χ0) is 22.8. The van der Waals surface area contributed by atoms with Crippen molar-refractivity contribution in [2.45, 2.75) is 44.1 Å². The zero-order valence-electron chi connectivity index (χ0n) is 19.2. The number of nitrogens with zero attached hydrogens (tertiary/aromatic N) is 3. The molecule has 5 fully saturated rings. The summed E-state index contributed by atoms with van der Waals surface area (Å²) in [6.45, 7) is 5.61. The zero-order valence-corrected chi connectivity index (χ0v) is 19.2. The van der Waals surface area contributed by atoms with Crippen molar-refractivity contribution in [3.8, 4) is 11.5 Å². The van der Waals surface area contributed by atoms with Gasteiger partial charge in [-0.15, -0.1) is 0 Å². The molecule has 3 saturated carbocycles. The van der Waals surface area contributed by atoms with E-state index in [0.29, 0.717) is 18.6 Å². The molecule has 1 amide bonds. The number of hydrogen-bond acceptors (Lipinski definition) is 7. The first-order valence-corrected chi connectivity index (χ1v) is 11.7. The second-order valence-electron chi connectivity index (χ2n) is 10.4. The second kappa shape index (κ2) is 7.14. The Kier molecular flexibility index (Phi) is 4.52. The molecular weight excluding hydrogens is 420 g/mol. The van der Waals surface area contributed by atoms with Gasteiger partial charge in [-0.25, -0.2) is 9.97 Å². The molecule has 5 aliphatic rings. The minimum atomic E-state index is -0.465. The Balaban J connectivity index is 1.15. The van der Waals surface area contributed by atoms with Gasteiger partial charge in [0.2, 0.25) is 11.9 Å². The summed E-state index contributed by atoms with van der Waals surface area (Å²) in [5.41, 5.74) is 7.33. The van der Waals surface area contributed by atoms with Crippen LogP contribution >= 0.6 is 0 Å². The number of aryl methyl sites for hydroxylation is 1. The molecule has 1 aromatic carbocycles. The lowest BCUT2D eigenvalue weighted by atomic mass is 9.33. The van der Waals surface area contributed by atoms with Crippen molar-refractivity contribution >= 4 is 11.9 Å². The Bertz CT molecular complexity index is 1090. The highest BCUT2D eigenvalue weighted by Crippen LogP contribution is 2.76. The highest BCUT2D eigenvalue weighted by atomic mass is 16.5. The third-order valence-electron chi connectivity index (χ3n) is 8.49. The van der Waals surface area contributed by atoms with E-state index >= 15 is 0 Å². The maximum Gasteiger partial charge on any atom is 0.225 e. The molecule has 8 nitrogen and oxygen atoms in total. The van der Waals surface area contributed by atoms with Crippen LogP contribution in [0.2, 0.25) is 0 Å². The van der Waals surface area contributed by atoms with Crippen LogP contribution in [0.1, 0.15) is 42.7 Å². The Hall–Kier alpha value is -2.71. The molecule has 2 saturated heterocycles. The third kappa shape index (κ3) is 3.00. The minimum absolute atomic E-state index is 0.0110. The number of carbonyl (C=O) groups excluding carboxylic acids is 1. The third-order valence-corrected chi connectivity index (χ3v) is 8.49. The molecule has 0 radical (unpaired) electrons. The average molecular weight is 451 g/mol. The van der Waals surface area contributed by atoms with Crippen molar-refractivity contribution in [2.75, 3.05) is 38.3 Å². The average Bonchev–Trinajstić information content (AvgIpc) is 3.39. The Labute approximate surface area is 193 Å². The van der Waals surface area contributed by atoms with Crippen LogP contribution in [0.25, 0.3) is 0 Å².